The zero-order chi connectivity index (χ0) is 20.1. The lowest BCUT2D eigenvalue weighted by atomic mass is 10.1. The first-order chi connectivity index (χ1) is 13.5. The maximum absolute atomic E-state index is 12.7. The van der Waals surface area contributed by atoms with Gasteiger partial charge < -0.3 is 9.47 Å². The number of carbonyl (C=O) groups excluding carboxylic acids is 2. The normalized spacial score (nSPS) is 15.4. The van der Waals surface area contributed by atoms with Gasteiger partial charge in [-0.15, -0.1) is 0 Å². The van der Waals surface area contributed by atoms with E-state index in [9.17, 15) is 9.59 Å². The molecule has 0 bridgehead atoms. The van der Waals surface area contributed by atoms with Crippen molar-refractivity contribution in [2.75, 3.05) is 20.8 Å². The first-order valence-electron chi connectivity index (χ1n) is 8.74. The van der Waals surface area contributed by atoms with E-state index in [1.54, 1.807) is 32.4 Å². The largest absolute Gasteiger partial charge is 0.493 e. The second-order valence-corrected chi connectivity index (χ2v) is 8.00. The molecule has 28 heavy (non-hydrogen) atoms. The predicted octanol–water partition coefficient (Wildman–Crippen LogP) is 5.14. The molecule has 5 nitrogen and oxygen atoms in total. The molecule has 2 aromatic carbocycles. The summed E-state index contributed by atoms with van der Waals surface area (Å²) in [7, 11) is 3.11. The summed E-state index contributed by atoms with van der Waals surface area (Å²) in [5.74, 6) is 0.879. The van der Waals surface area contributed by atoms with Gasteiger partial charge in [-0.25, -0.2) is 0 Å². The molecule has 1 aliphatic heterocycles. The summed E-state index contributed by atoms with van der Waals surface area (Å²) in [6.07, 6.45) is 3.26. The standard InChI is InChI=1S/C21H20BrNO4S/c1-26-17-11-15(16(22)13-18(17)27-2)12-19-20(24)23(21(25)28-19)10-6-9-14-7-4-3-5-8-14/h3-5,7-8,11-13H,6,9-10H2,1-2H3/b19-12+. The quantitative estimate of drug-likeness (QED) is 0.534. The number of benzene rings is 2. The average Bonchev–Trinajstić information content (AvgIpc) is 2.97. The van der Waals surface area contributed by atoms with Crippen molar-refractivity contribution >= 4 is 44.9 Å². The van der Waals surface area contributed by atoms with E-state index >= 15 is 0 Å². The molecule has 7 heteroatoms. The summed E-state index contributed by atoms with van der Waals surface area (Å²) in [6.45, 7) is 0.407. The highest BCUT2D eigenvalue weighted by Crippen LogP contribution is 2.37. The van der Waals surface area contributed by atoms with Crippen LogP contribution in [0.25, 0.3) is 6.08 Å². The van der Waals surface area contributed by atoms with E-state index in [4.69, 9.17) is 9.47 Å². The zero-order valence-electron chi connectivity index (χ0n) is 15.6. The maximum atomic E-state index is 12.7. The first kappa shape index (κ1) is 20.5. The molecule has 1 saturated heterocycles. The van der Waals surface area contributed by atoms with Crippen molar-refractivity contribution in [1.29, 1.82) is 0 Å². The number of thioether (sulfide) groups is 1. The third-order valence-electron chi connectivity index (χ3n) is 4.35. The van der Waals surface area contributed by atoms with Crippen LogP contribution in [0.15, 0.2) is 51.8 Å². The maximum Gasteiger partial charge on any atom is 0.293 e. The molecule has 0 aliphatic carbocycles. The molecule has 2 aromatic rings. The van der Waals surface area contributed by atoms with Crippen LogP contribution in [0, 0.1) is 0 Å². The highest BCUT2D eigenvalue weighted by molar-refractivity contribution is 9.10. The number of imide groups is 1. The van der Waals surface area contributed by atoms with Crippen LogP contribution in [0.4, 0.5) is 4.79 Å². The second kappa shape index (κ2) is 9.30. The highest BCUT2D eigenvalue weighted by atomic mass is 79.9. The number of ether oxygens (including phenoxy) is 2. The number of nitrogens with zero attached hydrogens (tertiary/aromatic N) is 1. The Labute approximate surface area is 176 Å². The van der Waals surface area contributed by atoms with Gasteiger partial charge in [-0.1, -0.05) is 46.3 Å². The number of rotatable bonds is 7. The minimum Gasteiger partial charge on any atom is -0.493 e. The summed E-state index contributed by atoms with van der Waals surface area (Å²) in [5.41, 5.74) is 1.94. The number of hydrogen-bond acceptors (Lipinski definition) is 5. The van der Waals surface area contributed by atoms with Crippen LogP contribution in [-0.4, -0.2) is 36.8 Å². The topological polar surface area (TPSA) is 55.8 Å². The summed E-state index contributed by atoms with van der Waals surface area (Å²) in [5, 5.41) is -0.235. The molecule has 1 aliphatic rings. The molecule has 0 radical (unpaired) electrons. The van der Waals surface area contributed by atoms with Crippen LogP contribution >= 0.6 is 27.7 Å². The van der Waals surface area contributed by atoms with Crippen molar-refractivity contribution in [2.45, 2.75) is 12.8 Å². The Balaban J connectivity index is 1.72. The SMILES string of the molecule is COc1cc(Br)c(/C=C2/SC(=O)N(CCCc3ccccc3)C2=O)cc1OC. The van der Waals surface area contributed by atoms with Crippen molar-refractivity contribution < 1.29 is 19.1 Å². The van der Waals surface area contributed by atoms with Crippen LogP contribution in [-0.2, 0) is 11.2 Å². The van der Waals surface area contributed by atoms with Gasteiger partial charge in [0.1, 0.15) is 0 Å². The lowest BCUT2D eigenvalue weighted by molar-refractivity contribution is -0.122. The fraction of sp³-hybridized carbons (Fsp3) is 0.238. The van der Waals surface area contributed by atoms with Gasteiger partial charge in [0.2, 0.25) is 0 Å². The molecule has 146 valence electrons. The Morgan fingerprint density at radius 1 is 1.07 bits per heavy atom. The molecule has 3 rings (SSSR count). The lowest BCUT2D eigenvalue weighted by Crippen LogP contribution is -2.29. The number of methoxy groups -OCH3 is 2. The second-order valence-electron chi connectivity index (χ2n) is 6.15. The third-order valence-corrected chi connectivity index (χ3v) is 5.95. The molecule has 1 heterocycles. The number of halogens is 1. The summed E-state index contributed by atoms with van der Waals surface area (Å²) >= 11 is 4.44. The van der Waals surface area contributed by atoms with Gasteiger partial charge in [-0.05, 0) is 53.9 Å². The summed E-state index contributed by atoms with van der Waals surface area (Å²) in [4.78, 5) is 26.7. The van der Waals surface area contributed by atoms with Gasteiger partial charge >= 0.3 is 0 Å². The molecule has 2 amide bonds. The molecule has 0 unspecified atom stereocenters. The van der Waals surface area contributed by atoms with Crippen LogP contribution in [0.1, 0.15) is 17.5 Å². The molecule has 0 spiro atoms. The summed E-state index contributed by atoms with van der Waals surface area (Å²) < 4.78 is 11.3. The number of aryl methyl sites for hydroxylation is 1. The van der Waals surface area contributed by atoms with E-state index in [2.05, 4.69) is 15.9 Å². The first-order valence-corrected chi connectivity index (χ1v) is 10.3. The van der Waals surface area contributed by atoms with Gasteiger partial charge in [-0.3, -0.25) is 14.5 Å². The van der Waals surface area contributed by atoms with Gasteiger partial charge in [0.15, 0.2) is 11.5 Å². The molecule has 0 saturated carbocycles. The van der Waals surface area contributed by atoms with E-state index in [1.807, 2.05) is 30.3 Å². The fourth-order valence-corrected chi connectivity index (χ4v) is 4.19. The molecule has 1 fully saturated rings. The monoisotopic (exact) mass is 461 g/mol. The van der Waals surface area contributed by atoms with E-state index in [0.717, 1.165) is 34.6 Å². The smallest absolute Gasteiger partial charge is 0.293 e. The average molecular weight is 462 g/mol. The Morgan fingerprint density at radius 2 is 1.75 bits per heavy atom. The van der Waals surface area contributed by atoms with Crippen molar-refractivity contribution in [3.8, 4) is 11.5 Å². The Morgan fingerprint density at radius 3 is 2.43 bits per heavy atom. The number of amides is 2. The van der Waals surface area contributed by atoms with E-state index < -0.39 is 0 Å². The van der Waals surface area contributed by atoms with Crippen LogP contribution < -0.4 is 9.47 Å². The van der Waals surface area contributed by atoms with Crippen LogP contribution in [0.3, 0.4) is 0 Å². The van der Waals surface area contributed by atoms with Gasteiger partial charge in [-0.2, -0.15) is 0 Å². The van der Waals surface area contributed by atoms with Gasteiger partial charge in [0, 0.05) is 11.0 Å². The molecule has 0 aromatic heterocycles. The van der Waals surface area contributed by atoms with E-state index in [-0.39, 0.29) is 11.1 Å². The van der Waals surface area contributed by atoms with E-state index in [1.165, 1.54) is 10.5 Å². The molecule has 0 N–H and O–H groups in total. The Hall–Kier alpha value is -2.25. The van der Waals surface area contributed by atoms with E-state index in [0.29, 0.717) is 22.9 Å². The number of hydrogen-bond donors (Lipinski definition) is 0. The van der Waals surface area contributed by atoms with Gasteiger partial charge in [0.25, 0.3) is 11.1 Å². The van der Waals surface area contributed by atoms with Crippen LogP contribution in [0.2, 0.25) is 0 Å². The van der Waals surface area contributed by atoms with Gasteiger partial charge in [0.05, 0.1) is 19.1 Å². The third kappa shape index (κ3) is 4.59. The van der Waals surface area contributed by atoms with Crippen molar-refractivity contribution in [3.63, 3.8) is 0 Å². The van der Waals surface area contributed by atoms with Crippen molar-refractivity contribution in [3.05, 3.63) is 63.0 Å². The van der Waals surface area contributed by atoms with Crippen molar-refractivity contribution in [1.82, 2.24) is 4.90 Å². The Kier molecular flexibility index (Phi) is 6.80. The Bertz CT molecular complexity index is 914. The minimum absolute atomic E-state index is 0.235. The van der Waals surface area contributed by atoms with Crippen LogP contribution in [0.5, 0.6) is 11.5 Å². The predicted molar refractivity (Wildman–Crippen MR) is 115 cm³/mol. The number of carbonyl (C=O) groups is 2. The molecular weight excluding hydrogens is 442 g/mol. The van der Waals surface area contributed by atoms with Crippen molar-refractivity contribution in [2.24, 2.45) is 0 Å². The molecule has 0 atom stereocenters. The zero-order valence-corrected chi connectivity index (χ0v) is 18.0. The minimum atomic E-state index is -0.259. The summed E-state index contributed by atoms with van der Waals surface area (Å²) in [6, 6.07) is 13.6. The fourth-order valence-electron chi connectivity index (χ4n) is 2.90. The lowest BCUT2D eigenvalue weighted by Gasteiger charge is -2.12. The highest BCUT2D eigenvalue weighted by Gasteiger charge is 2.34. The molecular formula is C21H20BrNO4S.